The summed E-state index contributed by atoms with van der Waals surface area (Å²) in [6.07, 6.45) is 0. The van der Waals surface area contributed by atoms with Gasteiger partial charge >= 0.3 is 0 Å². The summed E-state index contributed by atoms with van der Waals surface area (Å²) in [7, 11) is 0. The van der Waals surface area contributed by atoms with Gasteiger partial charge in [-0.15, -0.1) is 10.2 Å². The minimum atomic E-state index is -0.691. The molecule has 2 N–H and O–H groups in total. The molecule has 6 nitrogen and oxygen atoms in total. The molecule has 0 aliphatic rings. The molecule has 23 heavy (non-hydrogen) atoms. The van der Waals surface area contributed by atoms with Gasteiger partial charge in [0.2, 0.25) is 5.91 Å². The van der Waals surface area contributed by atoms with Crippen molar-refractivity contribution in [2.24, 2.45) is 5.73 Å². The minimum absolute atomic E-state index is 0.370. The van der Waals surface area contributed by atoms with Gasteiger partial charge in [0.25, 0.3) is 0 Å². The zero-order chi connectivity index (χ0) is 16.6. The second-order valence-corrected chi connectivity index (χ2v) is 6.14. The summed E-state index contributed by atoms with van der Waals surface area (Å²) in [5.74, 6) is -0.184. The van der Waals surface area contributed by atoms with Crippen LogP contribution in [-0.2, 0) is 4.79 Å². The molecule has 0 saturated heterocycles. The third-order valence-corrected chi connectivity index (χ3v) is 4.53. The number of primary amides is 1. The van der Waals surface area contributed by atoms with Crippen molar-refractivity contribution in [2.75, 3.05) is 0 Å². The number of aryl methyl sites for hydroxylation is 2. The van der Waals surface area contributed by atoms with Crippen molar-refractivity contribution in [1.29, 1.82) is 0 Å². The average molecular weight is 331 g/mol. The van der Waals surface area contributed by atoms with Crippen LogP contribution in [0, 0.1) is 19.7 Å². The number of hydrogen-bond acceptors (Lipinski definition) is 5. The Balaban J connectivity index is 2.01. The number of hydrogen-bond donors (Lipinski definition) is 1. The van der Waals surface area contributed by atoms with Gasteiger partial charge in [0.1, 0.15) is 16.9 Å². The Morgan fingerprint density at radius 3 is 2.61 bits per heavy atom. The summed E-state index contributed by atoms with van der Waals surface area (Å²) < 4.78 is 14.8. The van der Waals surface area contributed by atoms with E-state index in [0.717, 1.165) is 23.3 Å². The van der Waals surface area contributed by atoms with Gasteiger partial charge in [-0.05, 0) is 31.5 Å². The Kier molecular flexibility index (Phi) is 3.99. The second-order valence-electron chi connectivity index (χ2n) is 5.07. The number of carbonyl (C=O) groups excluding carboxylic acids is 1. The maximum Gasteiger partial charge on any atom is 0.235 e. The molecule has 0 fully saturated rings. The number of rotatable bonds is 4. The van der Waals surface area contributed by atoms with Crippen molar-refractivity contribution >= 4 is 23.3 Å². The average Bonchev–Trinajstić information content (AvgIpc) is 2.88. The van der Waals surface area contributed by atoms with Crippen molar-refractivity contribution in [3.8, 4) is 0 Å². The summed E-state index contributed by atoms with van der Waals surface area (Å²) in [5.41, 5.74) is 7.60. The van der Waals surface area contributed by atoms with E-state index >= 15 is 0 Å². The summed E-state index contributed by atoms with van der Waals surface area (Å²) in [6.45, 7) is 3.71. The number of aromatic nitrogens is 4. The fourth-order valence-electron chi connectivity index (χ4n) is 2.31. The van der Waals surface area contributed by atoms with Gasteiger partial charge in [-0.1, -0.05) is 23.9 Å². The predicted octanol–water partition coefficient (Wildman–Crippen LogP) is 2.20. The number of amides is 1. The lowest BCUT2D eigenvalue weighted by Gasteiger charge is -2.12. The van der Waals surface area contributed by atoms with Gasteiger partial charge in [-0.25, -0.2) is 9.37 Å². The molecule has 0 radical (unpaired) electrons. The highest BCUT2D eigenvalue weighted by Crippen LogP contribution is 2.34. The molecule has 0 saturated carbocycles. The number of carbonyl (C=O) groups is 1. The number of nitrogens with zero attached hydrogens (tertiary/aromatic N) is 4. The maximum absolute atomic E-state index is 13.1. The Morgan fingerprint density at radius 1 is 1.26 bits per heavy atom. The van der Waals surface area contributed by atoms with Crippen LogP contribution in [0.2, 0.25) is 0 Å². The van der Waals surface area contributed by atoms with E-state index in [1.807, 2.05) is 13.8 Å². The smallest absolute Gasteiger partial charge is 0.235 e. The molecular weight excluding hydrogens is 317 g/mol. The lowest BCUT2D eigenvalue weighted by atomic mass is 10.1. The number of thioether (sulfide) groups is 1. The van der Waals surface area contributed by atoms with E-state index in [-0.39, 0.29) is 5.82 Å². The largest absolute Gasteiger partial charge is 0.368 e. The van der Waals surface area contributed by atoms with Crippen molar-refractivity contribution < 1.29 is 9.18 Å². The highest BCUT2D eigenvalue weighted by Gasteiger charge is 2.23. The first-order valence-corrected chi connectivity index (χ1v) is 7.74. The van der Waals surface area contributed by atoms with E-state index in [1.54, 1.807) is 10.5 Å². The van der Waals surface area contributed by atoms with Crippen LogP contribution in [0.5, 0.6) is 0 Å². The van der Waals surface area contributed by atoms with Crippen LogP contribution in [0.25, 0.3) is 5.65 Å². The molecule has 3 rings (SSSR count). The quantitative estimate of drug-likeness (QED) is 0.741. The first kappa shape index (κ1) is 15.4. The SMILES string of the molecule is Cc1cc2nnc(S[C@H](C(N)=O)c3ccc(F)cc3)n2c(C)n1. The van der Waals surface area contributed by atoms with Gasteiger partial charge in [-0.2, -0.15) is 0 Å². The van der Waals surface area contributed by atoms with Crippen molar-refractivity contribution in [2.45, 2.75) is 24.3 Å². The molecule has 0 aliphatic carbocycles. The van der Waals surface area contributed by atoms with Crippen LogP contribution in [0.15, 0.2) is 35.5 Å². The maximum atomic E-state index is 13.1. The molecule has 1 aromatic carbocycles. The summed E-state index contributed by atoms with van der Waals surface area (Å²) >= 11 is 1.16. The molecule has 0 aliphatic heterocycles. The number of benzene rings is 1. The van der Waals surface area contributed by atoms with Gasteiger partial charge in [0.05, 0.1) is 0 Å². The molecule has 118 valence electrons. The Hall–Kier alpha value is -2.48. The van der Waals surface area contributed by atoms with E-state index in [2.05, 4.69) is 15.2 Å². The zero-order valence-corrected chi connectivity index (χ0v) is 13.3. The van der Waals surface area contributed by atoms with E-state index in [4.69, 9.17) is 5.73 Å². The van der Waals surface area contributed by atoms with Crippen LogP contribution in [0.3, 0.4) is 0 Å². The van der Waals surface area contributed by atoms with Crippen molar-refractivity contribution in [3.63, 3.8) is 0 Å². The third-order valence-electron chi connectivity index (χ3n) is 3.31. The number of fused-ring (bicyclic) bond motifs is 1. The van der Waals surface area contributed by atoms with Gasteiger partial charge in [0.15, 0.2) is 10.8 Å². The third kappa shape index (κ3) is 3.02. The number of nitrogens with two attached hydrogens (primary N) is 1. The molecule has 1 atom stereocenters. The van der Waals surface area contributed by atoms with Crippen molar-refractivity contribution in [3.05, 3.63) is 53.2 Å². The van der Waals surface area contributed by atoms with Crippen LogP contribution in [0.4, 0.5) is 4.39 Å². The molecule has 0 spiro atoms. The first-order valence-electron chi connectivity index (χ1n) is 6.86. The molecule has 0 bridgehead atoms. The monoisotopic (exact) mass is 331 g/mol. The fraction of sp³-hybridized carbons (Fsp3) is 0.200. The highest BCUT2D eigenvalue weighted by atomic mass is 32.2. The fourth-order valence-corrected chi connectivity index (χ4v) is 3.35. The lowest BCUT2D eigenvalue weighted by molar-refractivity contribution is -0.117. The standard InChI is InChI=1S/C15H14FN5OS/c1-8-7-12-19-20-15(21(12)9(2)18-8)23-13(14(17)22)10-3-5-11(16)6-4-10/h3-7,13H,1-2H3,(H2,17,22)/t13-/m0/s1. The normalized spacial score (nSPS) is 12.5. The minimum Gasteiger partial charge on any atom is -0.368 e. The summed E-state index contributed by atoms with van der Waals surface area (Å²) in [4.78, 5) is 16.2. The second kappa shape index (κ2) is 5.96. The van der Waals surface area contributed by atoms with Crippen molar-refractivity contribution in [1.82, 2.24) is 19.6 Å². The Morgan fingerprint density at radius 2 is 1.96 bits per heavy atom. The van der Waals surface area contributed by atoms with E-state index in [9.17, 15) is 9.18 Å². The van der Waals surface area contributed by atoms with Crippen LogP contribution in [-0.4, -0.2) is 25.5 Å². The predicted molar refractivity (Wildman–Crippen MR) is 84.4 cm³/mol. The summed E-state index contributed by atoms with van der Waals surface area (Å²) in [5, 5.41) is 8.04. The van der Waals surface area contributed by atoms with Crippen LogP contribution in [0.1, 0.15) is 22.3 Å². The summed E-state index contributed by atoms with van der Waals surface area (Å²) in [6, 6.07) is 7.47. The van der Waals surface area contributed by atoms with E-state index in [0.29, 0.717) is 16.4 Å². The van der Waals surface area contributed by atoms with Crippen LogP contribution >= 0.6 is 11.8 Å². The Labute approximate surface area is 135 Å². The van der Waals surface area contributed by atoms with Gasteiger partial charge in [-0.3, -0.25) is 9.20 Å². The van der Waals surface area contributed by atoms with E-state index in [1.165, 1.54) is 24.3 Å². The Bertz CT molecular complexity index is 877. The molecule has 2 heterocycles. The lowest BCUT2D eigenvalue weighted by Crippen LogP contribution is -2.19. The van der Waals surface area contributed by atoms with E-state index < -0.39 is 11.2 Å². The topological polar surface area (TPSA) is 86.2 Å². The van der Waals surface area contributed by atoms with Gasteiger partial charge < -0.3 is 5.73 Å². The molecule has 0 unspecified atom stereocenters. The number of halogens is 1. The molecule has 2 aromatic heterocycles. The molecule has 1 amide bonds. The molecule has 3 aromatic rings. The first-order chi connectivity index (χ1) is 11.0. The van der Waals surface area contributed by atoms with Crippen LogP contribution < -0.4 is 5.73 Å². The highest BCUT2D eigenvalue weighted by molar-refractivity contribution is 8.00. The zero-order valence-electron chi connectivity index (χ0n) is 12.5. The molecular formula is C15H14FN5OS. The molecule has 8 heteroatoms. The van der Waals surface area contributed by atoms with Gasteiger partial charge in [0, 0.05) is 11.8 Å².